The largest absolute Gasteiger partial charge is 0.481 e. The molecule has 1 saturated carbocycles. The number of carbonyl (C=O) groups is 1. The van der Waals surface area contributed by atoms with Crippen molar-refractivity contribution >= 4 is 33.4 Å². The Kier molecular flexibility index (Phi) is 6.43. The molecule has 2 N–H and O–H groups in total. The van der Waals surface area contributed by atoms with Gasteiger partial charge in [0.25, 0.3) is 0 Å². The first-order chi connectivity index (χ1) is 14.6. The SMILES string of the molecule is O=C(O)CC1CCC(c2ccc(-c3ccc(Nc4ccc(Br)cn4)cn3)cc2)CC1. The minimum atomic E-state index is -0.676. The molecule has 0 saturated heterocycles. The summed E-state index contributed by atoms with van der Waals surface area (Å²) in [4.78, 5) is 19.8. The Morgan fingerprint density at radius 1 is 0.967 bits per heavy atom. The van der Waals surface area contributed by atoms with Gasteiger partial charge in [-0.15, -0.1) is 0 Å². The fourth-order valence-electron chi connectivity index (χ4n) is 4.11. The normalized spacial score (nSPS) is 18.7. The van der Waals surface area contributed by atoms with E-state index in [4.69, 9.17) is 5.11 Å². The molecule has 30 heavy (non-hydrogen) atoms. The van der Waals surface area contributed by atoms with E-state index in [-0.39, 0.29) is 0 Å². The van der Waals surface area contributed by atoms with Crippen LogP contribution in [0.1, 0.15) is 43.6 Å². The summed E-state index contributed by atoms with van der Waals surface area (Å²) in [5.74, 6) is 0.962. The zero-order valence-electron chi connectivity index (χ0n) is 16.6. The Balaban J connectivity index is 1.37. The highest BCUT2D eigenvalue weighted by atomic mass is 79.9. The van der Waals surface area contributed by atoms with Gasteiger partial charge in [-0.25, -0.2) is 4.98 Å². The summed E-state index contributed by atoms with van der Waals surface area (Å²) >= 11 is 3.38. The van der Waals surface area contributed by atoms with Crippen molar-refractivity contribution in [3.8, 4) is 11.3 Å². The van der Waals surface area contributed by atoms with Crippen LogP contribution in [0.25, 0.3) is 11.3 Å². The van der Waals surface area contributed by atoms with Crippen molar-refractivity contribution in [1.29, 1.82) is 0 Å². The van der Waals surface area contributed by atoms with Crippen LogP contribution in [-0.4, -0.2) is 21.0 Å². The Morgan fingerprint density at radius 2 is 1.73 bits per heavy atom. The van der Waals surface area contributed by atoms with Gasteiger partial charge in [0, 0.05) is 22.7 Å². The molecule has 2 heterocycles. The van der Waals surface area contributed by atoms with E-state index in [0.29, 0.717) is 18.3 Å². The first kappa shape index (κ1) is 20.5. The summed E-state index contributed by atoms with van der Waals surface area (Å²) in [5, 5.41) is 12.2. The summed E-state index contributed by atoms with van der Waals surface area (Å²) in [7, 11) is 0. The number of carboxylic acid groups (broad SMARTS) is 1. The van der Waals surface area contributed by atoms with Gasteiger partial charge in [0.05, 0.1) is 17.6 Å². The first-order valence-electron chi connectivity index (χ1n) is 10.2. The van der Waals surface area contributed by atoms with Gasteiger partial charge < -0.3 is 10.4 Å². The molecule has 0 radical (unpaired) electrons. The number of nitrogens with one attached hydrogen (secondary N) is 1. The van der Waals surface area contributed by atoms with Gasteiger partial charge in [0.1, 0.15) is 5.82 Å². The van der Waals surface area contributed by atoms with E-state index in [2.05, 4.69) is 55.5 Å². The zero-order chi connectivity index (χ0) is 20.9. The molecule has 6 heteroatoms. The van der Waals surface area contributed by atoms with E-state index < -0.39 is 5.97 Å². The van der Waals surface area contributed by atoms with Gasteiger partial charge in [-0.05, 0) is 83.3 Å². The van der Waals surface area contributed by atoms with Gasteiger partial charge >= 0.3 is 5.97 Å². The molecule has 3 aromatic rings. The lowest BCUT2D eigenvalue weighted by Crippen LogP contribution is -2.16. The van der Waals surface area contributed by atoms with Crippen molar-refractivity contribution in [3.05, 3.63) is 71.0 Å². The number of halogens is 1. The second kappa shape index (κ2) is 9.39. The molecule has 0 spiro atoms. The highest BCUT2D eigenvalue weighted by Gasteiger charge is 2.23. The van der Waals surface area contributed by atoms with Crippen molar-refractivity contribution in [2.45, 2.75) is 38.0 Å². The lowest BCUT2D eigenvalue weighted by atomic mass is 9.77. The number of pyridine rings is 2. The van der Waals surface area contributed by atoms with E-state index >= 15 is 0 Å². The summed E-state index contributed by atoms with van der Waals surface area (Å²) < 4.78 is 0.943. The fraction of sp³-hybridized carbons (Fsp3) is 0.292. The Hall–Kier alpha value is -2.73. The number of anilines is 2. The highest BCUT2D eigenvalue weighted by Crippen LogP contribution is 2.37. The van der Waals surface area contributed by atoms with Crippen LogP contribution in [-0.2, 0) is 4.79 Å². The molecule has 154 valence electrons. The second-order valence-corrected chi connectivity index (χ2v) is 8.77. The first-order valence-corrected chi connectivity index (χ1v) is 11.0. The van der Waals surface area contributed by atoms with Crippen molar-refractivity contribution in [1.82, 2.24) is 9.97 Å². The standard InChI is InChI=1S/C24H24BrN3O2/c25-20-9-12-23(27-14-20)28-21-10-11-22(26-15-21)19-7-5-18(6-8-19)17-3-1-16(2-4-17)13-24(29)30/h5-12,14-17H,1-4,13H2,(H,27,28)(H,29,30). The second-order valence-electron chi connectivity index (χ2n) is 7.86. The maximum Gasteiger partial charge on any atom is 0.303 e. The van der Waals surface area contributed by atoms with E-state index in [1.165, 1.54) is 5.56 Å². The van der Waals surface area contributed by atoms with E-state index in [1.807, 2.05) is 30.5 Å². The number of aliphatic carboxylic acids is 1. The van der Waals surface area contributed by atoms with Crippen LogP contribution >= 0.6 is 15.9 Å². The lowest BCUT2D eigenvalue weighted by Gasteiger charge is -2.28. The van der Waals surface area contributed by atoms with Crippen molar-refractivity contribution in [3.63, 3.8) is 0 Å². The third-order valence-corrected chi connectivity index (χ3v) is 6.22. The monoisotopic (exact) mass is 465 g/mol. The molecule has 1 fully saturated rings. The molecular weight excluding hydrogens is 442 g/mol. The Labute approximate surface area is 184 Å². The number of benzene rings is 1. The van der Waals surface area contributed by atoms with E-state index in [0.717, 1.165) is 52.9 Å². The van der Waals surface area contributed by atoms with Crippen molar-refractivity contribution < 1.29 is 9.90 Å². The molecule has 5 nitrogen and oxygen atoms in total. The maximum absolute atomic E-state index is 10.9. The number of rotatable bonds is 6. The van der Waals surface area contributed by atoms with Gasteiger partial charge in [0.2, 0.25) is 0 Å². The van der Waals surface area contributed by atoms with Gasteiger partial charge in [-0.2, -0.15) is 0 Å². The fourth-order valence-corrected chi connectivity index (χ4v) is 4.34. The number of hydrogen-bond acceptors (Lipinski definition) is 4. The van der Waals surface area contributed by atoms with Gasteiger partial charge in [-0.1, -0.05) is 24.3 Å². The summed E-state index contributed by atoms with van der Waals surface area (Å²) in [6, 6.07) is 16.5. The number of nitrogens with zero attached hydrogens (tertiary/aromatic N) is 2. The number of aromatic nitrogens is 2. The molecule has 0 unspecified atom stereocenters. The minimum Gasteiger partial charge on any atom is -0.481 e. The molecule has 0 aliphatic heterocycles. The smallest absolute Gasteiger partial charge is 0.303 e. The molecule has 0 bridgehead atoms. The minimum absolute atomic E-state index is 0.306. The van der Waals surface area contributed by atoms with Crippen molar-refractivity contribution in [2.75, 3.05) is 5.32 Å². The summed E-state index contributed by atoms with van der Waals surface area (Å²) in [6.07, 6.45) is 8.02. The number of carboxylic acids is 1. The molecule has 4 rings (SSSR count). The average molecular weight is 466 g/mol. The van der Waals surface area contributed by atoms with Crippen LogP contribution in [0.2, 0.25) is 0 Å². The predicted molar refractivity (Wildman–Crippen MR) is 122 cm³/mol. The predicted octanol–water partition coefficient (Wildman–Crippen LogP) is 6.40. The molecule has 0 atom stereocenters. The maximum atomic E-state index is 10.9. The summed E-state index contributed by atoms with van der Waals surface area (Å²) in [6.45, 7) is 0. The van der Waals surface area contributed by atoms with Crippen LogP contribution in [0.4, 0.5) is 11.5 Å². The van der Waals surface area contributed by atoms with Gasteiger partial charge in [-0.3, -0.25) is 9.78 Å². The van der Waals surface area contributed by atoms with Crippen LogP contribution in [0, 0.1) is 5.92 Å². The molecule has 2 aromatic heterocycles. The van der Waals surface area contributed by atoms with Crippen LogP contribution in [0.3, 0.4) is 0 Å². The highest BCUT2D eigenvalue weighted by molar-refractivity contribution is 9.10. The van der Waals surface area contributed by atoms with Crippen LogP contribution in [0.15, 0.2) is 65.4 Å². The van der Waals surface area contributed by atoms with Crippen LogP contribution in [0.5, 0.6) is 0 Å². The molecule has 1 aromatic carbocycles. The number of hydrogen-bond donors (Lipinski definition) is 2. The molecule has 1 aliphatic carbocycles. The average Bonchev–Trinajstić information content (AvgIpc) is 2.76. The van der Waals surface area contributed by atoms with E-state index in [1.54, 1.807) is 6.20 Å². The van der Waals surface area contributed by atoms with Crippen LogP contribution < -0.4 is 5.32 Å². The van der Waals surface area contributed by atoms with Gasteiger partial charge in [0.15, 0.2) is 0 Å². The third-order valence-electron chi connectivity index (χ3n) is 5.75. The topological polar surface area (TPSA) is 75.1 Å². The third kappa shape index (κ3) is 5.25. The lowest BCUT2D eigenvalue weighted by molar-refractivity contribution is -0.138. The zero-order valence-corrected chi connectivity index (χ0v) is 18.2. The van der Waals surface area contributed by atoms with Crippen molar-refractivity contribution in [2.24, 2.45) is 5.92 Å². The Bertz CT molecular complexity index is 980. The molecular formula is C24H24BrN3O2. The molecule has 0 amide bonds. The Morgan fingerprint density at radius 3 is 2.33 bits per heavy atom. The summed E-state index contributed by atoms with van der Waals surface area (Å²) in [5.41, 5.74) is 4.25. The van der Waals surface area contributed by atoms with E-state index in [9.17, 15) is 4.79 Å². The molecule has 1 aliphatic rings. The quantitative estimate of drug-likeness (QED) is 0.440.